The molecule has 0 saturated carbocycles. The van der Waals surface area contributed by atoms with Gasteiger partial charge in [-0.25, -0.2) is 4.98 Å². The number of benzene rings is 2. The molecule has 3 nitrogen and oxygen atoms in total. The maximum Gasteiger partial charge on any atom is 0.153 e. The van der Waals surface area contributed by atoms with Crippen LogP contribution in [-0.2, 0) is 6.54 Å². The summed E-state index contributed by atoms with van der Waals surface area (Å²) in [6.07, 6.45) is 0. The Morgan fingerprint density at radius 1 is 1.00 bits per heavy atom. The molecule has 0 aliphatic carbocycles. The van der Waals surface area contributed by atoms with E-state index in [-0.39, 0.29) is 0 Å². The van der Waals surface area contributed by atoms with Gasteiger partial charge in [0.25, 0.3) is 0 Å². The molecule has 106 valence electrons. The first-order chi connectivity index (χ1) is 10.3. The van der Waals surface area contributed by atoms with Crippen LogP contribution in [0.25, 0.3) is 10.9 Å². The number of aryl methyl sites for hydroxylation is 1. The van der Waals surface area contributed by atoms with Crippen molar-refractivity contribution in [3.05, 3.63) is 65.9 Å². The molecular formula is C18H18N2O. The van der Waals surface area contributed by atoms with Gasteiger partial charge >= 0.3 is 0 Å². The smallest absolute Gasteiger partial charge is 0.153 e. The number of pyridine rings is 1. The largest absolute Gasteiger partial charge is 0.455 e. The third-order valence-electron chi connectivity index (χ3n) is 3.35. The van der Waals surface area contributed by atoms with Crippen LogP contribution in [0.5, 0.6) is 11.5 Å². The normalized spacial score (nSPS) is 10.8. The second kappa shape index (κ2) is 5.94. The SMILES string of the molecule is CNCc1ccc(Oc2cccc3ccc(C)nc23)cc1. The van der Waals surface area contributed by atoms with Gasteiger partial charge in [-0.1, -0.05) is 30.3 Å². The number of nitrogens with one attached hydrogen (secondary N) is 1. The summed E-state index contributed by atoms with van der Waals surface area (Å²) >= 11 is 0. The number of hydrogen-bond acceptors (Lipinski definition) is 3. The van der Waals surface area contributed by atoms with Crippen LogP contribution in [0.4, 0.5) is 0 Å². The Morgan fingerprint density at radius 2 is 1.81 bits per heavy atom. The molecule has 0 radical (unpaired) electrons. The highest BCUT2D eigenvalue weighted by Crippen LogP contribution is 2.28. The molecule has 0 bridgehead atoms. The number of para-hydroxylation sites is 1. The van der Waals surface area contributed by atoms with Crippen LogP contribution in [-0.4, -0.2) is 12.0 Å². The summed E-state index contributed by atoms with van der Waals surface area (Å²) in [5.41, 5.74) is 3.12. The van der Waals surface area contributed by atoms with Crippen LogP contribution in [0.2, 0.25) is 0 Å². The van der Waals surface area contributed by atoms with Gasteiger partial charge in [-0.2, -0.15) is 0 Å². The molecule has 1 heterocycles. The van der Waals surface area contributed by atoms with Crippen LogP contribution >= 0.6 is 0 Å². The average molecular weight is 278 g/mol. The van der Waals surface area contributed by atoms with Crippen molar-refractivity contribution >= 4 is 10.9 Å². The standard InChI is InChI=1S/C18H18N2O/c1-13-6-9-15-4-3-5-17(18(15)20-13)21-16-10-7-14(8-11-16)12-19-2/h3-11,19H,12H2,1-2H3. The number of nitrogens with zero attached hydrogens (tertiary/aromatic N) is 1. The fourth-order valence-corrected chi connectivity index (χ4v) is 2.31. The summed E-state index contributed by atoms with van der Waals surface area (Å²) in [4.78, 5) is 4.58. The summed E-state index contributed by atoms with van der Waals surface area (Å²) in [7, 11) is 1.94. The predicted molar refractivity (Wildman–Crippen MR) is 85.8 cm³/mol. The number of hydrogen-bond donors (Lipinski definition) is 1. The van der Waals surface area contributed by atoms with E-state index in [1.165, 1.54) is 5.56 Å². The molecule has 0 aliphatic heterocycles. The summed E-state index contributed by atoms with van der Waals surface area (Å²) in [6, 6.07) is 18.2. The molecule has 2 aromatic carbocycles. The third-order valence-corrected chi connectivity index (χ3v) is 3.35. The molecule has 3 aromatic rings. The molecule has 0 amide bonds. The van der Waals surface area contributed by atoms with Crippen LogP contribution in [0.15, 0.2) is 54.6 Å². The Kier molecular flexibility index (Phi) is 3.84. The van der Waals surface area contributed by atoms with Gasteiger partial charge in [0.2, 0.25) is 0 Å². The second-order valence-corrected chi connectivity index (χ2v) is 5.06. The topological polar surface area (TPSA) is 34.1 Å². The van der Waals surface area contributed by atoms with E-state index >= 15 is 0 Å². The van der Waals surface area contributed by atoms with Crippen LogP contribution in [0.3, 0.4) is 0 Å². The Bertz CT molecular complexity index is 751. The fraction of sp³-hybridized carbons (Fsp3) is 0.167. The second-order valence-electron chi connectivity index (χ2n) is 5.06. The minimum absolute atomic E-state index is 0.789. The lowest BCUT2D eigenvalue weighted by Gasteiger charge is -2.09. The fourth-order valence-electron chi connectivity index (χ4n) is 2.31. The van der Waals surface area contributed by atoms with E-state index in [9.17, 15) is 0 Å². The van der Waals surface area contributed by atoms with Crippen molar-refractivity contribution in [2.75, 3.05) is 7.05 Å². The van der Waals surface area contributed by atoms with Crippen molar-refractivity contribution in [2.24, 2.45) is 0 Å². The number of rotatable bonds is 4. The van der Waals surface area contributed by atoms with Crippen molar-refractivity contribution in [3.63, 3.8) is 0 Å². The monoisotopic (exact) mass is 278 g/mol. The minimum atomic E-state index is 0.789. The average Bonchev–Trinajstić information content (AvgIpc) is 2.50. The Hall–Kier alpha value is -2.39. The number of ether oxygens (including phenoxy) is 1. The lowest BCUT2D eigenvalue weighted by atomic mass is 10.2. The summed E-state index contributed by atoms with van der Waals surface area (Å²) in [5.74, 6) is 1.61. The van der Waals surface area contributed by atoms with Gasteiger partial charge in [-0.05, 0) is 43.8 Å². The number of fused-ring (bicyclic) bond motifs is 1. The van der Waals surface area contributed by atoms with E-state index < -0.39 is 0 Å². The summed E-state index contributed by atoms with van der Waals surface area (Å²) < 4.78 is 6.00. The van der Waals surface area contributed by atoms with Gasteiger partial charge in [0.15, 0.2) is 5.75 Å². The molecule has 3 heteroatoms. The zero-order chi connectivity index (χ0) is 14.7. The Labute approximate surface area is 124 Å². The summed E-state index contributed by atoms with van der Waals surface area (Å²) in [6.45, 7) is 2.85. The van der Waals surface area contributed by atoms with Crippen LogP contribution in [0, 0.1) is 6.92 Å². The van der Waals surface area contributed by atoms with E-state index in [4.69, 9.17) is 4.74 Å². The van der Waals surface area contributed by atoms with Gasteiger partial charge in [0.1, 0.15) is 11.3 Å². The van der Waals surface area contributed by atoms with Gasteiger partial charge < -0.3 is 10.1 Å². The molecule has 21 heavy (non-hydrogen) atoms. The molecule has 0 aliphatic rings. The molecule has 0 fully saturated rings. The molecule has 0 spiro atoms. The van der Waals surface area contributed by atoms with Crippen molar-refractivity contribution in [1.82, 2.24) is 10.3 Å². The highest BCUT2D eigenvalue weighted by atomic mass is 16.5. The molecule has 0 saturated heterocycles. The Balaban J connectivity index is 1.92. The third kappa shape index (κ3) is 3.03. The van der Waals surface area contributed by atoms with E-state index in [2.05, 4.69) is 28.5 Å². The zero-order valence-electron chi connectivity index (χ0n) is 12.3. The molecule has 1 aromatic heterocycles. The molecule has 0 atom stereocenters. The van der Waals surface area contributed by atoms with Crippen molar-refractivity contribution in [1.29, 1.82) is 0 Å². The van der Waals surface area contributed by atoms with E-state index in [1.807, 2.05) is 50.4 Å². The lowest BCUT2D eigenvalue weighted by molar-refractivity contribution is 0.487. The first kappa shape index (κ1) is 13.6. The van der Waals surface area contributed by atoms with E-state index in [1.54, 1.807) is 0 Å². The summed E-state index contributed by atoms with van der Waals surface area (Å²) in [5, 5.41) is 4.22. The van der Waals surface area contributed by atoms with Gasteiger partial charge in [0.05, 0.1) is 0 Å². The van der Waals surface area contributed by atoms with Crippen molar-refractivity contribution in [2.45, 2.75) is 13.5 Å². The van der Waals surface area contributed by atoms with Gasteiger partial charge in [-0.3, -0.25) is 0 Å². The Morgan fingerprint density at radius 3 is 2.57 bits per heavy atom. The molecule has 0 unspecified atom stereocenters. The van der Waals surface area contributed by atoms with Crippen molar-refractivity contribution < 1.29 is 4.74 Å². The lowest BCUT2D eigenvalue weighted by Crippen LogP contribution is -2.04. The van der Waals surface area contributed by atoms with Gasteiger partial charge in [-0.15, -0.1) is 0 Å². The van der Waals surface area contributed by atoms with Crippen molar-refractivity contribution in [3.8, 4) is 11.5 Å². The predicted octanol–water partition coefficient (Wildman–Crippen LogP) is 4.05. The highest BCUT2D eigenvalue weighted by molar-refractivity contribution is 5.84. The molecule has 1 N–H and O–H groups in total. The first-order valence-electron chi connectivity index (χ1n) is 7.04. The van der Waals surface area contributed by atoms with E-state index in [0.717, 1.165) is 34.6 Å². The highest BCUT2D eigenvalue weighted by Gasteiger charge is 2.05. The zero-order valence-corrected chi connectivity index (χ0v) is 12.3. The van der Waals surface area contributed by atoms with Crippen LogP contribution in [0.1, 0.15) is 11.3 Å². The van der Waals surface area contributed by atoms with E-state index in [0.29, 0.717) is 0 Å². The maximum absolute atomic E-state index is 6.00. The van der Waals surface area contributed by atoms with Crippen LogP contribution < -0.4 is 10.1 Å². The minimum Gasteiger partial charge on any atom is -0.455 e. The molecule has 3 rings (SSSR count). The maximum atomic E-state index is 6.00. The first-order valence-corrected chi connectivity index (χ1v) is 7.04. The quantitative estimate of drug-likeness (QED) is 0.781. The molecular weight excluding hydrogens is 260 g/mol. The number of aromatic nitrogens is 1. The van der Waals surface area contributed by atoms with Gasteiger partial charge in [0, 0.05) is 17.6 Å².